The zero-order valence-electron chi connectivity index (χ0n) is 10.4. The molecule has 2 aromatic rings. The van der Waals surface area contributed by atoms with Crippen LogP contribution in [0.3, 0.4) is 0 Å². The fourth-order valence-corrected chi connectivity index (χ4v) is 1.54. The van der Waals surface area contributed by atoms with Gasteiger partial charge in [0.2, 0.25) is 0 Å². The van der Waals surface area contributed by atoms with Crippen molar-refractivity contribution in [3.8, 4) is 5.75 Å². The molecular formula is C14H15N3O2. The monoisotopic (exact) mass is 257 g/mol. The molecule has 1 aromatic carbocycles. The number of rotatable bonds is 5. The van der Waals surface area contributed by atoms with Gasteiger partial charge in [0.05, 0.1) is 6.54 Å². The van der Waals surface area contributed by atoms with Crippen molar-refractivity contribution in [2.45, 2.75) is 0 Å². The molecule has 0 bridgehead atoms. The van der Waals surface area contributed by atoms with Crippen molar-refractivity contribution in [1.29, 1.82) is 0 Å². The van der Waals surface area contributed by atoms with Gasteiger partial charge in [0.15, 0.2) is 0 Å². The maximum absolute atomic E-state index is 11.7. The highest BCUT2D eigenvalue weighted by molar-refractivity contribution is 5.93. The molecule has 0 aliphatic carbocycles. The van der Waals surface area contributed by atoms with E-state index in [9.17, 15) is 4.79 Å². The summed E-state index contributed by atoms with van der Waals surface area (Å²) in [4.78, 5) is 15.6. The van der Waals surface area contributed by atoms with Crippen LogP contribution in [0.15, 0.2) is 48.8 Å². The molecule has 5 nitrogen and oxygen atoms in total. The summed E-state index contributed by atoms with van der Waals surface area (Å²) in [6.07, 6.45) is 3.16. The lowest BCUT2D eigenvalue weighted by Crippen LogP contribution is -2.28. The van der Waals surface area contributed by atoms with Gasteiger partial charge in [0.25, 0.3) is 5.91 Å². The largest absolute Gasteiger partial charge is 0.492 e. The predicted octanol–water partition coefficient (Wildman–Crippen LogP) is 1.47. The molecule has 0 radical (unpaired) electrons. The molecule has 0 aliphatic heterocycles. The van der Waals surface area contributed by atoms with Crippen LogP contribution in [0.25, 0.3) is 0 Å². The highest BCUT2D eigenvalue weighted by atomic mass is 16.5. The van der Waals surface area contributed by atoms with E-state index < -0.39 is 0 Å². The third-order valence-electron chi connectivity index (χ3n) is 2.46. The Bertz CT molecular complexity index is 543. The molecule has 3 N–H and O–H groups in total. The van der Waals surface area contributed by atoms with Crippen molar-refractivity contribution in [2.75, 3.05) is 18.9 Å². The van der Waals surface area contributed by atoms with Gasteiger partial charge in [-0.25, -0.2) is 0 Å². The number of benzene rings is 1. The highest BCUT2D eigenvalue weighted by Gasteiger charge is 2.03. The average molecular weight is 257 g/mol. The first-order valence-corrected chi connectivity index (χ1v) is 5.92. The van der Waals surface area contributed by atoms with E-state index in [1.807, 2.05) is 12.1 Å². The van der Waals surface area contributed by atoms with Gasteiger partial charge in [-0.15, -0.1) is 0 Å². The molecular weight excluding hydrogens is 242 g/mol. The fourth-order valence-electron chi connectivity index (χ4n) is 1.54. The Balaban J connectivity index is 1.74. The number of aromatic nitrogens is 1. The zero-order valence-corrected chi connectivity index (χ0v) is 10.4. The van der Waals surface area contributed by atoms with Crippen LogP contribution in [-0.2, 0) is 0 Å². The molecule has 98 valence electrons. The summed E-state index contributed by atoms with van der Waals surface area (Å²) < 4.78 is 5.47. The second-order valence-electron chi connectivity index (χ2n) is 3.91. The van der Waals surface area contributed by atoms with Gasteiger partial charge in [0, 0.05) is 29.7 Å². The van der Waals surface area contributed by atoms with E-state index >= 15 is 0 Å². The van der Waals surface area contributed by atoms with Gasteiger partial charge >= 0.3 is 0 Å². The van der Waals surface area contributed by atoms with E-state index in [4.69, 9.17) is 10.5 Å². The lowest BCUT2D eigenvalue weighted by Gasteiger charge is -2.08. The van der Waals surface area contributed by atoms with E-state index in [0.29, 0.717) is 30.2 Å². The first kappa shape index (κ1) is 12.9. The zero-order chi connectivity index (χ0) is 13.5. The van der Waals surface area contributed by atoms with Gasteiger partial charge < -0.3 is 15.8 Å². The van der Waals surface area contributed by atoms with Gasteiger partial charge in [-0.05, 0) is 24.3 Å². The number of carbonyl (C=O) groups is 1. The Labute approximate surface area is 111 Å². The van der Waals surface area contributed by atoms with Crippen molar-refractivity contribution in [3.63, 3.8) is 0 Å². The molecule has 5 heteroatoms. The maximum Gasteiger partial charge on any atom is 0.251 e. The van der Waals surface area contributed by atoms with Crippen molar-refractivity contribution in [1.82, 2.24) is 10.3 Å². The Morgan fingerprint density at radius 1 is 1.26 bits per heavy atom. The first-order chi connectivity index (χ1) is 9.25. The number of pyridine rings is 1. The SMILES string of the molecule is Nc1cccc(OCCNC(=O)c2ccncc2)c1. The number of hydrogen-bond acceptors (Lipinski definition) is 4. The second-order valence-corrected chi connectivity index (χ2v) is 3.91. The molecule has 0 atom stereocenters. The molecule has 1 heterocycles. The summed E-state index contributed by atoms with van der Waals surface area (Å²) in [7, 11) is 0. The fraction of sp³-hybridized carbons (Fsp3) is 0.143. The number of nitrogens with two attached hydrogens (primary N) is 1. The number of ether oxygens (including phenoxy) is 1. The highest BCUT2D eigenvalue weighted by Crippen LogP contribution is 2.13. The van der Waals surface area contributed by atoms with Crippen LogP contribution < -0.4 is 15.8 Å². The van der Waals surface area contributed by atoms with Gasteiger partial charge in [0.1, 0.15) is 12.4 Å². The molecule has 19 heavy (non-hydrogen) atoms. The number of hydrogen-bond donors (Lipinski definition) is 2. The van der Waals surface area contributed by atoms with Crippen LogP contribution in [-0.4, -0.2) is 24.0 Å². The number of nitrogens with zero attached hydrogens (tertiary/aromatic N) is 1. The average Bonchev–Trinajstić information content (AvgIpc) is 2.44. The van der Waals surface area contributed by atoms with E-state index in [1.165, 1.54) is 0 Å². The van der Waals surface area contributed by atoms with Crippen molar-refractivity contribution in [2.24, 2.45) is 0 Å². The van der Waals surface area contributed by atoms with E-state index in [-0.39, 0.29) is 5.91 Å². The van der Waals surface area contributed by atoms with Crippen LogP contribution in [0.1, 0.15) is 10.4 Å². The summed E-state index contributed by atoms with van der Waals surface area (Å²) in [5, 5.41) is 2.76. The standard InChI is InChI=1S/C14H15N3O2/c15-12-2-1-3-13(10-12)19-9-8-17-14(18)11-4-6-16-7-5-11/h1-7,10H,8-9,15H2,(H,17,18). The van der Waals surface area contributed by atoms with Crippen molar-refractivity contribution < 1.29 is 9.53 Å². The number of anilines is 1. The van der Waals surface area contributed by atoms with E-state index in [0.717, 1.165) is 0 Å². The van der Waals surface area contributed by atoms with Gasteiger partial charge in [-0.3, -0.25) is 9.78 Å². The Kier molecular flexibility index (Phi) is 4.34. The van der Waals surface area contributed by atoms with Crippen LogP contribution in [0.2, 0.25) is 0 Å². The maximum atomic E-state index is 11.7. The molecule has 0 unspecified atom stereocenters. The number of nitrogens with one attached hydrogen (secondary N) is 1. The molecule has 1 amide bonds. The Morgan fingerprint density at radius 2 is 2.05 bits per heavy atom. The lowest BCUT2D eigenvalue weighted by molar-refractivity contribution is 0.0947. The van der Waals surface area contributed by atoms with Gasteiger partial charge in [-0.1, -0.05) is 6.07 Å². The summed E-state index contributed by atoms with van der Waals surface area (Å²) >= 11 is 0. The molecule has 0 saturated heterocycles. The van der Waals surface area contributed by atoms with E-state index in [1.54, 1.807) is 36.7 Å². The summed E-state index contributed by atoms with van der Waals surface area (Å²) in [6.45, 7) is 0.816. The third kappa shape index (κ3) is 3.99. The molecule has 0 fully saturated rings. The Hall–Kier alpha value is -2.56. The quantitative estimate of drug-likeness (QED) is 0.628. The molecule has 0 aliphatic rings. The smallest absolute Gasteiger partial charge is 0.251 e. The number of nitrogen functional groups attached to an aromatic ring is 1. The summed E-state index contributed by atoms with van der Waals surface area (Å²) in [6, 6.07) is 10.5. The first-order valence-electron chi connectivity index (χ1n) is 5.92. The minimum absolute atomic E-state index is 0.140. The van der Waals surface area contributed by atoms with E-state index in [2.05, 4.69) is 10.3 Å². The topological polar surface area (TPSA) is 77.2 Å². The normalized spacial score (nSPS) is 9.89. The third-order valence-corrected chi connectivity index (χ3v) is 2.46. The molecule has 0 spiro atoms. The van der Waals surface area contributed by atoms with Crippen LogP contribution in [0, 0.1) is 0 Å². The molecule has 0 saturated carbocycles. The second kappa shape index (κ2) is 6.39. The minimum atomic E-state index is -0.140. The summed E-state index contributed by atoms with van der Waals surface area (Å²) in [5.74, 6) is 0.553. The van der Waals surface area contributed by atoms with Crippen LogP contribution in [0.5, 0.6) is 5.75 Å². The van der Waals surface area contributed by atoms with Crippen LogP contribution >= 0.6 is 0 Å². The van der Waals surface area contributed by atoms with Gasteiger partial charge in [-0.2, -0.15) is 0 Å². The number of carbonyl (C=O) groups excluding carboxylic acids is 1. The van der Waals surface area contributed by atoms with Crippen LogP contribution in [0.4, 0.5) is 5.69 Å². The Morgan fingerprint density at radius 3 is 2.79 bits per heavy atom. The van der Waals surface area contributed by atoms with Crippen molar-refractivity contribution >= 4 is 11.6 Å². The number of amides is 1. The summed E-state index contributed by atoms with van der Waals surface area (Å²) in [5.41, 5.74) is 6.86. The predicted molar refractivity (Wildman–Crippen MR) is 72.9 cm³/mol. The minimum Gasteiger partial charge on any atom is -0.492 e. The molecule has 1 aromatic heterocycles. The lowest BCUT2D eigenvalue weighted by atomic mass is 10.2. The molecule has 2 rings (SSSR count). The van der Waals surface area contributed by atoms with Crippen molar-refractivity contribution in [3.05, 3.63) is 54.4 Å².